The van der Waals surface area contributed by atoms with E-state index in [0.29, 0.717) is 0 Å². The van der Waals surface area contributed by atoms with E-state index < -0.39 is 0 Å². The van der Waals surface area contributed by atoms with Crippen LogP contribution in [0.2, 0.25) is 5.02 Å². The Bertz CT molecular complexity index is 999. The number of imidazole rings is 2. The number of rotatable bonds is 2. The van der Waals surface area contributed by atoms with Gasteiger partial charge in [-0.25, -0.2) is 4.98 Å². The number of nitrogens with zero attached hydrogens (tertiary/aromatic N) is 3. The van der Waals surface area contributed by atoms with Crippen LogP contribution in [-0.4, -0.2) is 14.0 Å². The molecule has 4 rings (SSSR count). The minimum atomic E-state index is 0.718. The summed E-state index contributed by atoms with van der Waals surface area (Å²) in [5.41, 5.74) is 4.22. The molecule has 2 aromatic carbocycles. The van der Waals surface area contributed by atoms with Crippen LogP contribution in [-0.2, 0) is 7.05 Å². The van der Waals surface area contributed by atoms with Crippen molar-refractivity contribution in [3.05, 3.63) is 70.4 Å². The zero-order chi connectivity index (χ0) is 16.0. The third-order valence-corrected chi connectivity index (χ3v) is 4.66. The SMILES string of the molecule is Cn1c(-c2ccc(Br)cc2)cn2cc(-c3cccc(Cl)c3)nc12. The van der Waals surface area contributed by atoms with Crippen LogP contribution in [0.15, 0.2) is 65.4 Å². The standard InChI is InChI=1S/C18H13BrClN3/c1-22-17(12-5-7-14(19)8-6-12)11-23-10-16(21-18(22)23)13-3-2-4-15(20)9-13/h2-11H,1H3. The topological polar surface area (TPSA) is 22.2 Å². The lowest BCUT2D eigenvalue weighted by Crippen LogP contribution is -1.92. The molecule has 0 bridgehead atoms. The highest BCUT2D eigenvalue weighted by Crippen LogP contribution is 2.27. The van der Waals surface area contributed by atoms with Gasteiger partial charge in [-0.1, -0.05) is 51.8 Å². The average Bonchev–Trinajstić information content (AvgIpc) is 3.08. The third-order valence-electron chi connectivity index (χ3n) is 3.90. The summed E-state index contributed by atoms with van der Waals surface area (Å²) < 4.78 is 5.22. The predicted molar refractivity (Wildman–Crippen MR) is 97.7 cm³/mol. The van der Waals surface area contributed by atoms with Crippen molar-refractivity contribution < 1.29 is 0 Å². The van der Waals surface area contributed by atoms with Gasteiger partial charge < -0.3 is 4.57 Å². The van der Waals surface area contributed by atoms with E-state index in [1.807, 2.05) is 54.0 Å². The van der Waals surface area contributed by atoms with E-state index in [4.69, 9.17) is 16.6 Å². The van der Waals surface area contributed by atoms with Crippen molar-refractivity contribution in [1.29, 1.82) is 0 Å². The minimum absolute atomic E-state index is 0.718. The van der Waals surface area contributed by atoms with Crippen molar-refractivity contribution in [3.63, 3.8) is 0 Å². The minimum Gasteiger partial charge on any atom is -0.313 e. The van der Waals surface area contributed by atoms with Crippen LogP contribution in [0, 0.1) is 0 Å². The molecule has 0 fully saturated rings. The van der Waals surface area contributed by atoms with Gasteiger partial charge in [0, 0.05) is 34.5 Å². The van der Waals surface area contributed by atoms with Crippen molar-refractivity contribution in [2.75, 3.05) is 0 Å². The maximum absolute atomic E-state index is 6.07. The number of fused-ring (bicyclic) bond motifs is 1. The second-order valence-electron chi connectivity index (χ2n) is 5.42. The van der Waals surface area contributed by atoms with Crippen molar-refractivity contribution in [1.82, 2.24) is 14.0 Å². The number of aryl methyl sites for hydroxylation is 1. The monoisotopic (exact) mass is 385 g/mol. The lowest BCUT2D eigenvalue weighted by Gasteiger charge is -2.03. The summed E-state index contributed by atoms with van der Waals surface area (Å²) in [6, 6.07) is 16.0. The zero-order valence-corrected chi connectivity index (χ0v) is 14.7. The summed E-state index contributed by atoms with van der Waals surface area (Å²) in [6.07, 6.45) is 4.13. The molecule has 0 saturated heterocycles. The normalized spacial score (nSPS) is 11.3. The molecule has 0 aliphatic rings. The van der Waals surface area contributed by atoms with E-state index in [1.54, 1.807) is 0 Å². The summed E-state index contributed by atoms with van der Waals surface area (Å²) >= 11 is 9.54. The van der Waals surface area contributed by atoms with Crippen LogP contribution in [0.1, 0.15) is 0 Å². The van der Waals surface area contributed by atoms with Gasteiger partial charge in [-0.3, -0.25) is 4.40 Å². The molecule has 2 aromatic heterocycles. The molecule has 3 nitrogen and oxygen atoms in total. The van der Waals surface area contributed by atoms with Crippen molar-refractivity contribution in [2.45, 2.75) is 0 Å². The Labute approximate surface area is 147 Å². The molecule has 0 saturated carbocycles. The summed E-state index contributed by atoms with van der Waals surface area (Å²) in [4.78, 5) is 4.75. The molecule has 5 heteroatoms. The molecule has 23 heavy (non-hydrogen) atoms. The quantitative estimate of drug-likeness (QED) is 0.451. The van der Waals surface area contributed by atoms with Gasteiger partial charge in [0.1, 0.15) is 0 Å². The van der Waals surface area contributed by atoms with Crippen LogP contribution in [0.3, 0.4) is 0 Å². The fourth-order valence-corrected chi connectivity index (χ4v) is 3.18. The number of aromatic nitrogens is 3. The van der Waals surface area contributed by atoms with Crippen molar-refractivity contribution >= 4 is 33.3 Å². The molecule has 0 unspecified atom stereocenters. The van der Waals surface area contributed by atoms with E-state index in [9.17, 15) is 0 Å². The lowest BCUT2D eigenvalue weighted by atomic mass is 10.1. The first-order valence-electron chi connectivity index (χ1n) is 7.18. The largest absolute Gasteiger partial charge is 0.313 e. The van der Waals surface area contributed by atoms with Crippen LogP contribution in [0.25, 0.3) is 28.3 Å². The van der Waals surface area contributed by atoms with Gasteiger partial charge in [-0.2, -0.15) is 0 Å². The second kappa shape index (κ2) is 5.55. The Balaban J connectivity index is 1.81. The Morgan fingerprint density at radius 2 is 1.78 bits per heavy atom. The van der Waals surface area contributed by atoms with Crippen LogP contribution >= 0.6 is 27.5 Å². The highest BCUT2D eigenvalue weighted by atomic mass is 79.9. The molecule has 0 atom stereocenters. The molecular formula is C18H13BrClN3. The molecule has 4 aromatic rings. The molecule has 0 amide bonds. The number of halogens is 2. The van der Waals surface area contributed by atoms with E-state index in [2.05, 4.69) is 38.8 Å². The lowest BCUT2D eigenvalue weighted by molar-refractivity contribution is 0.945. The number of hydrogen-bond acceptors (Lipinski definition) is 1. The van der Waals surface area contributed by atoms with Gasteiger partial charge in [-0.15, -0.1) is 0 Å². The Kier molecular flexibility index (Phi) is 3.51. The molecule has 0 aliphatic heterocycles. The highest BCUT2D eigenvalue weighted by Gasteiger charge is 2.12. The fourth-order valence-electron chi connectivity index (χ4n) is 2.73. The average molecular weight is 387 g/mol. The first-order valence-corrected chi connectivity index (χ1v) is 8.35. The maximum atomic E-state index is 6.07. The van der Waals surface area contributed by atoms with Crippen LogP contribution in [0.4, 0.5) is 0 Å². The van der Waals surface area contributed by atoms with Gasteiger partial charge in [0.15, 0.2) is 0 Å². The van der Waals surface area contributed by atoms with Crippen LogP contribution < -0.4 is 0 Å². The summed E-state index contributed by atoms with van der Waals surface area (Å²) in [5.74, 6) is 0.901. The van der Waals surface area contributed by atoms with Gasteiger partial charge in [0.05, 0.1) is 11.4 Å². The Morgan fingerprint density at radius 1 is 1.00 bits per heavy atom. The van der Waals surface area contributed by atoms with Crippen molar-refractivity contribution in [3.8, 4) is 22.5 Å². The second-order valence-corrected chi connectivity index (χ2v) is 6.78. The van der Waals surface area contributed by atoms with Gasteiger partial charge in [0.25, 0.3) is 0 Å². The molecule has 0 radical (unpaired) electrons. The van der Waals surface area contributed by atoms with Gasteiger partial charge in [-0.05, 0) is 29.8 Å². The summed E-state index contributed by atoms with van der Waals surface area (Å²) in [5, 5.41) is 0.718. The smallest absolute Gasteiger partial charge is 0.214 e. The zero-order valence-electron chi connectivity index (χ0n) is 12.4. The van der Waals surface area contributed by atoms with Crippen molar-refractivity contribution in [2.24, 2.45) is 7.05 Å². The third kappa shape index (κ3) is 2.58. The molecule has 0 aliphatic carbocycles. The van der Waals surface area contributed by atoms with Crippen LogP contribution in [0.5, 0.6) is 0 Å². The first kappa shape index (κ1) is 14.5. The number of benzene rings is 2. The first-order chi connectivity index (χ1) is 11.1. The predicted octanol–water partition coefficient (Wildman–Crippen LogP) is 5.42. The fraction of sp³-hybridized carbons (Fsp3) is 0.0556. The summed E-state index contributed by atoms with van der Waals surface area (Å²) in [6.45, 7) is 0. The van der Waals surface area contributed by atoms with E-state index in [-0.39, 0.29) is 0 Å². The summed E-state index contributed by atoms with van der Waals surface area (Å²) in [7, 11) is 2.03. The maximum Gasteiger partial charge on any atom is 0.214 e. The molecule has 0 spiro atoms. The molecular weight excluding hydrogens is 374 g/mol. The van der Waals surface area contributed by atoms with E-state index in [1.165, 1.54) is 0 Å². The highest BCUT2D eigenvalue weighted by molar-refractivity contribution is 9.10. The van der Waals surface area contributed by atoms with E-state index >= 15 is 0 Å². The Hall–Kier alpha value is -2.04. The molecule has 0 N–H and O–H groups in total. The van der Waals surface area contributed by atoms with Gasteiger partial charge >= 0.3 is 0 Å². The number of hydrogen-bond donors (Lipinski definition) is 0. The molecule has 114 valence electrons. The van der Waals surface area contributed by atoms with E-state index in [0.717, 1.165) is 37.8 Å². The molecule has 2 heterocycles. The van der Waals surface area contributed by atoms with Gasteiger partial charge in [0.2, 0.25) is 5.78 Å². The Morgan fingerprint density at radius 3 is 2.48 bits per heavy atom.